The van der Waals surface area contributed by atoms with Gasteiger partial charge in [0.2, 0.25) is 11.8 Å². The van der Waals surface area contributed by atoms with Crippen molar-refractivity contribution in [3.63, 3.8) is 0 Å². The molecule has 1 aliphatic rings. The molecule has 0 unspecified atom stereocenters. The average molecular weight is 580 g/mol. The lowest BCUT2D eigenvalue weighted by molar-refractivity contribution is -0.383. The number of carbonyl (C=O) groups excluding carboxylic acids is 3. The molecule has 0 aliphatic carbocycles. The fraction of sp³-hybridized carbons (Fsp3) is 0.242. The number of nitrogens with one attached hydrogen (secondary N) is 2. The van der Waals surface area contributed by atoms with Crippen molar-refractivity contribution in [1.82, 2.24) is 15.1 Å². The smallest absolute Gasteiger partial charge is 0.322 e. The van der Waals surface area contributed by atoms with Crippen molar-refractivity contribution < 1.29 is 19.3 Å². The Kier molecular flexibility index (Phi) is 8.95. The second-order valence-electron chi connectivity index (χ2n) is 10.7. The van der Waals surface area contributed by atoms with Crippen LogP contribution in [0.25, 0.3) is 10.8 Å². The van der Waals surface area contributed by atoms with E-state index in [0.29, 0.717) is 25.9 Å². The van der Waals surface area contributed by atoms with Gasteiger partial charge in [0.25, 0.3) is 5.69 Å². The quantitative estimate of drug-likeness (QED) is 0.210. The molecule has 1 saturated heterocycles. The van der Waals surface area contributed by atoms with Gasteiger partial charge in [0, 0.05) is 32.6 Å². The third-order valence-electron chi connectivity index (χ3n) is 7.67. The van der Waals surface area contributed by atoms with Gasteiger partial charge in [0.1, 0.15) is 17.8 Å². The predicted molar refractivity (Wildman–Crippen MR) is 164 cm³/mol. The number of rotatable bonds is 9. The number of nitro benzene ring substituents is 1. The highest BCUT2D eigenvalue weighted by Crippen LogP contribution is 2.26. The molecular weight excluding hydrogens is 546 g/mol. The van der Waals surface area contributed by atoms with E-state index < -0.39 is 28.9 Å². The van der Waals surface area contributed by atoms with E-state index in [4.69, 9.17) is 0 Å². The highest BCUT2D eigenvalue weighted by molar-refractivity contribution is 5.97. The van der Waals surface area contributed by atoms with E-state index >= 15 is 0 Å². The van der Waals surface area contributed by atoms with Crippen LogP contribution in [0, 0.1) is 10.1 Å². The molecule has 43 heavy (non-hydrogen) atoms. The molecule has 220 valence electrons. The number of likely N-dealkylation sites (tertiary alicyclic amines) is 1. The second kappa shape index (κ2) is 13.2. The van der Waals surface area contributed by atoms with Crippen LogP contribution in [0.3, 0.4) is 0 Å². The van der Waals surface area contributed by atoms with Gasteiger partial charge in [-0.2, -0.15) is 0 Å². The average Bonchev–Trinajstić information content (AvgIpc) is 3.52. The van der Waals surface area contributed by atoms with Crippen molar-refractivity contribution >= 4 is 40.0 Å². The zero-order chi connectivity index (χ0) is 30.3. The molecular formula is C33H33N5O5. The van der Waals surface area contributed by atoms with Crippen molar-refractivity contribution in [2.24, 2.45) is 0 Å². The van der Waals surface area contributed by atoms with E-state index in [0.717, 1.165) is 21.9 Å². The largest absolute Gasteiger partial charge is 0.342 e. The topological polar surface area (TPSA) is 125 Å². The van der Waals surface area contributed by atoms with Gasteiger partial charge < -0.3 is 20.4 Å². The minimum absolute atomic E-state index is 0.0513. The first-order valence-electron chi connectivity index (χ1n) is 14.2. The molecule has 10 nitrogen and oxygen atoms in total. The number of hydrogen-bond donors (Lipinski definition) is 2. The molecule has 5 rings (SSSR count). The summed E-state index contributed by atoms with van der Waals surface area (Å²) in [6, 6.07) is 27.0. The van der Waals surface area contributed by atoms with Gasteiger partial charge in [-0.05, 0) is 40.8 Å². The molecule has 1 aliphatic heterocycles. The number of amides is 4. The molecule has 0 radical (unpaired) electrons. The van der Waals surface area contributed by atoms with Crippen LogP contribution in [-0.4, -0.2) is 58.2 Å². The maximum atomic E-state index is 13.8. The lowest BCUT2D eigenvalue weighted by Crippen LogP contribution is -2.54. The Morgan fingerprint density at radius 1 is 0.930 bits per heavy atom. The Morgan fingerprint density at radius 3 is 2.40 bits per heavy atom. The van der Waals surface area contributed by atoms with E-state index in [1.807, 2.05) is 72.8 Å². The first kappa shape index (κ1) is 29.2. The van der Waals surface area contributed by atoms with Crippen molar-refractivity contribution in [1.29, 1.82) is 0 Å². The Balaban J connectivity index is 1.35. The van der Waals surface area contributed by atoms with Crippen molar-refractivity contribution in [3.05, 3.63) is 118 Å². The molecule has 0 bridgehead atoms. The van der Waals surface area contributed by atoms with Crippen LogP contribution >= 0.6 is 0 Å². The number of fused-ring (bicyclic) bond motifs is 1. The molecule has 0 spiro atoms. The van der Waals surface area contributed by atoms with Crippen LogP contribution < -0.4 is 10.6 Å². The Bertz CT molecular complexity index is 1640. The van der Waals surface area contributed by atoms with Crippen LogP contribution in [0.5, 0.6) is 0 Å². The summed E-state index contributed by atoms with van der Waals surface area (Å²) in [6.07, 6.45) is 1.26. The number of carbonyl (C=O) groups is 3. The van der Waals surface area contributed by atoms with Gasteiger partial charge in [-0.3, -0.25) is 19.7 Å². The van der Waals surface area contributed by atoms with Gasteiger partial charge in [-0.15, -0.1) is 0 Å². The fourth-order valence-corrected chi connectivity index (χ4v) is 5.48. The number of likely N-dealkylation sites (N-methyl/N-ethyl adjacent to an activating group) is 1. The van der Waals surface area contributed by atoms with E-state index in [-0.39, 0.29) is 23.7 Å². The summed E-state index contributed by atoms with van der Waals surface area (Å²) >= 11 is 0. The minimum Gasteiger partial charge on any atom is -0.342 e. The number of benzene rings is 4. The standard InChI is InChI=1S/C33H33N5O5/c1-36(22-23-10-3-2-4-11-23)32(40)28(21-24-17-18-25-12-5-6-13-26(25)20-24)34-31(39)30-16-9-19-37(30)33(41)35-27-14-7-8-15-29(27)38(42)43/h2-8,10-15,17-18,20,28,30H,9,16,19,21-22H2,1H3,(H,34,39)(H,35,41)/t28-,30-/m1/s1. The van der Waals surface area contributed by atoms with Crippen molar-refractivity contribution in [3.8, 4) is 0 Å². The summed E-state index contributed by atoms with van der Waals surface area (Å²) in [4.78, 5) is 54.5. The van der Waals surface area contributed by atoms with E-state index in [1.54, 1.807) is 18.0 Å². The van der Waals surface area contributed by atoms with Gasteiger partial charge in [0.05, 0.1) is 4.92 Å². The number of hydrogen-bond acceptors (Lipinski definition) is 5. The summed E-state index contributed by atoms with van der Waals surface area (Å²) in [6.45, 7) is 0.680. The summed E-state index contributed by atoms with van der Waals surface area (Å²) < 4.78 is 0. The fourth-order valence-electron chi connectivity index (χ4n) is 5.48. The van der Waals surface area contributed by atoms with Crippen molar-refractivity contribution in [2.75, 3.05) is 18.9 Å². The maximum Gasteiger partial charge on any atom is 0.322 e. The van der Waals surface area contributed by atoms with Crippen LogP contribution in [0.15, 0.2) is 97.1 Å². The van der Waals surface area contributed by atoms with E-state index in [1.165, 1.54) is 23.1 Å². The predicted octanol–water partition coefficient (Wildman–Crippen LogP) is 5.13. The number of nitro groups is 1. The third-order valence-corrected chi connectivity index (χ3v) is 7.67. The van der Waals surface area contributed by atoms with E-state index in [9.17, 15) is 24.5 Å². The first-order valence-corrected chi connectivity index (χ1v) is 14.2. The molecule has 4 amide bonds. The van der Waals surface area contributed by atoms with Crippen LogP contribution in [0.1, 0.15) is 24.0 Å². The number of nitrogens with zero attached hydrogens (tertiary/aromatic N) is 3. The minimum atomic E-state index is -0.872. The molecule has 1 heterocycles. The Morgan fingerprint density at radius 2 is 1.63 bits per heavy atom. The summed E-state index contributed by atoms with van der Waals surface area (Å²) in [7, 11) is 1.71. The Labute approximate surface area is 249 Å². The van der Waals surface area contributed by atoms with E-state index in [2.05, 4.69) is 10.6 Å². The number of urea groups is 1. The van der Waals surface area contributed by atoms with Gasteiger partial charge in [-0.1, -0.05) is 84.9 Å². The molecule has 10 heteroatoms. The monoisotopic (exact) mass is 579 g/mol. The number of anilines is 1. The van der Waals surface area contributed by atoms with Crippen molar-refractivity contribution in [2.45, 2.75) is 37.9 Å². The highest BCUT2D eigenvalue weighted by atomic mass is 16.6. The molecule has 2 atom stereocenters. The normalized spacial score (nSPS) is 15.1. The molecule has 1 fully saturated rings. The zero-order valence-electron chi connectivity index (χ0n) is 23.8. The van der Waals surface area contributed by atoms with Gasteiger partial charge in [0.15, 0.2) is 0 Å². The lowest BCUT2D eigenvalue weighted by Gasteiger charge is -2.28. The molecule has 0 aromatic heterocycles. The molecule has 2 N–H and O–H groups in total. The second-order valence-corrected chi connectivity index (χ2v) is 10.7. The van der Waals surface area contributed by atoms with Crippen LogP contribution in [0.4, 0.5) is 16.2 Å². The SMILES string of the molecule is CN(Cc1ccccc1)C(=O)[C@@H](Cc1ccc2ccccc2c1)NC(=O)[C@H]1CCCN1C(=O)Nc1ccccc1[N+](=O)[O-]. The molecule has 0 saturated carbocycles. The lowest BCUT2D eigenvalue weighted by atomic mass is 10.00. The highest BCUT2D eigenvalue weighted by Gasteiger charge is 2.37. The molecule has 4 aromatic carbocycles. The summed E-state index contributed by atoms with van der Waals surface area (Å²) in [5.41, 5.74) is 1.67. The van der Waals surface area contributed by atoms with Gasteiger partial charge >= 0.3 is 6.03 Å². The van der Waals surface area contributed by atoms with Crippen LogP contribution in [-0.2, 0) is 22.6 Å². The summed E-state index contributed by atoms with van der Waals surface area (Å²) in [5.74, 6) is -0.693. The van der Waals surface area contributed by atoms with Gasteiger partial charge in [-0.25, -0.2) is 4.79 Å². The zero-order valence-corrected chi connectivity index (χ0v) is 23.8. The summed E-state index contributed by atoms with van der Waals surface area (Å²) in [5, 5.41) is 19.0. The maximum absolute atomic E-state index is 13.8. The van der Waals surface area contributed by atoms with Crippen LogP contribution in [0.2, 0.25) is 0 Å². The first-order chi connectivity index (χ1) is 20.8. The molecule has 4 aromatic rings. The number of para-hydroxylation sites is 2. The third kappa shape index (κ3) is 6.98. The Hall–Kier alpha value is -5.25.